The number of amides is 11. The van der Waals surface area contributed by atoms with Crippen molar-refractivity contribution in [1.82, 2.24) is 50.2 Å². The van der Waals surface area contributed by atoms with Gasteiger partial charge in [-0.15, -0.1) is 12.4 Å². The number of carboxylic acid groups (broad SMARTS) is 1. The lowest BCUT2D eigenvalue weighted by Crippen LogP contribution is -2.53. The number of carbonyl (C=O) groups is 12. The number of nitrogens with one attached hydrogen (secondary N) is 3. The van der Waals surface area contributed by atoms with Crippen LogP contribution in [0, 0.1) is 64.6 Å². The highest BCUT2D eigenvalue weighted by molar-refractivity contribution is 8.13. The number of aliphatic carboxylic acids is 1. The summed E-state index contributed by atoms with van der Waals surface area (Å²) in [5.41, 5.74) is 40.5. The molecule has 8 saturated heterocycles. The molecule has 0 spiro atoms. The molecule has 0 aromatic heterocycles. The van der Waals surface area contributed by atoms with Crippen LogP contribution in [0.4, 0.5) is 0 Å². The zero-order valence-electron chi connectivity index (χ0n) is 89.8. The first kappa shape index (κ1) is 139. The molecule has 4 aliphatic carbocycles. The molecule has 0 bridgehead atoms. The number of allylic oxidation sites excluding steroid dienone is 2. The number of morpholine rings is 3. The molecule has 3 saturated carbocycles. The quantitative estimate of drug-likeness (QED) is 0.0227. The minimum Gasteiger partial charge on any atom is -0.481 e. The van der Waals surface area contributed by atoms with Gasteiger partial charge >= 0.3 is 5.97 Å². The third kappa shape index (κ3) is 70.9. The van der Waals surface area contributed by atoms with E-state index in [0.29, 0.717) is 129 Å². The second-order valence-electron chi connectivity index (χ2n) is 40.9. The Morgan fingerprint density at radius 2 is 0.723 bits per heavy atom. The summed E-state index contributed by atoms with van der Waals surface area (Å²) >= 11 is 0. The van der Waals surface area contributed by atoms with Crippen molar-refractivity contribution in [3.63, 3.8) is 0 Å². The maximum absolute atomic E-state index is 13.3. The predicted molar refractivity (Wildman–Crippen MR) is 574 cm³/mol. The van der Waals surface area contributed by atoms with Crippen molar-refractivity contribution < 1.29 is 108 Å². The summed E-state index contributed by atoms with van der Waals surface area (Å²) in [7, 11) is -2.15. The average Bonchev–Trinajstić information content (AvgIpc) is 0.815. The summed E-state index contributed by atoms with van der Waals surface area (Å²) in [6, 6.07) is -0.351. The largest absolute Gasteiger partial charge is 0.481 e. The number of likely N-dealkylation sites (tertiary alicyclic amines) is 4. The van der Waals surface area contributed by atoms with Crippen LogP contribution in [0.5, 0.6) is 0 Å². The first-order valence-corrected chi connectivity index (χ1v) is 58.7. The van der Waals surface area contributed by atoms with E-state index < -0.39 is 103 Å². The topological polar surface area (TPSA) is 661 Å². The molecular formula is C102H191Cl2N19O23S2. The number of carboxylic acids is 1. The van der Waals surface area contributed by atoms with E-state index >= 15 is 0 Å². The number of aliphatic hydroxyl groups excluding tert-OH is 2. The number of ether oxygens (including phenoxy) is 3. The molecule has 858 valence electrons. The Morgan fingerprint density at radius 1 is 0.412 bits per heavy atom. The number of nitriles is 1. The van der Waals surface area contributed by atoms with Crippen LogP contribution in [0.3, 0.4) is 0 Å². The Balaban J connectivity index is 0.000000862. The van der Waals surface area contributed by atoms with Gasteiger partial charge in [-0.25, -0.2) is 8.42 Å². The van der Waals surface area contributed by atoms with E-state index in [1.807, 2.05) is 11.8 Å². The van der Waals surface area contributed by atoms with Gasteiger partial charge in [0.15, 0.2) is 0 Å². The van der Waals surface area contributed by atoms with Crippen molar-refractivity contribution in [2.75, 3.05) is 203 Å². The number of piperidine rings is 5. The Hall–Kier alpha value is -7.17. The highest BCUT2D eigenvalue weighted by Gasteiger charge is 2.36. The number of primary amides is 6. The highest BCUT2D eigenvalue weighted by atomic mass is 35.7. The number of hydrogen-bond donors (Lipinski definition) is 14. The molecule has 0 aromatic carbocycles. The highest BCUT2D eigenvalue weighted by Crippen LogP contribution is 2.34. The summed E-state index contributed by atoms with van der Waals surface area (Å²) in [4.78, 5) is 154. The minimum absolute atomic E-state index is 0. The van der Waals surface area contributed by atoms with E-state index in [2.05, 4.69) is 74.4 Å². The zero-order valence-corrected chi connectivity index (χ0v) is 93.0. The molecule has 12 rings (SSSR count). The Labute approximate surface area is 893 Å². The molecule has 22 N–H and O–H groups in total. The molecule has 0 radical (unpaired) electrons. The maximum Gasteiger partial charge on any atom is 0.307 e. The van der Waals surface area contributed by atoms with E-state index in [0.717, 1.165) is 142 Å². The van der Waals surface area contributed by atoms with Gasteiger partial charge in [-0.3, -0.25) is 61.7 Å². The fraction of sp³-hybridized carbons (Fsp3) is 0.853. The molecule has 8 heterocycles. The van der Waals surface area contributed by atoms with Gasteiger partial charge in [0.1, 0.15) is 18.1 Å². The van der Waals surface area contributed by atoms with Crippen molar-refractivity contribution in [2.45, 2.75) is 302 Å². The van der Waals surface area contributed by atoms with Gasteiger partial charge in [0.05, 0.1) is 102 Å². The summed E-state index contributed by atoms with van der Waals surface area (Å²) in [6.45, 7) is 24.4. The van der Waals surface area contributed by atoms with Crippen LogP contribution in [0.15, 0.2) is 12.2 Å². The summed E-state index contributed by atoms with van der Waals surface area (Å²) in [6.07, 6.45) is 51.1. The Kier molecular flexibility index (Phi) is 78.2. The van der Waals surface area contributed by atoms with Crippen molar-refractivity contribution >= 4 is 113 Å². The van der Waals surface area contributed by atoms with Gasteiger partial charge in [0.25, 0.3) is 10.1 Å². The third-order valence-corrected chi connectivity index (χ3v) is 28.4. The van der Waals surface area contributed by atoms with Crippen molar-refractivity contribution in [2.24, 2.45) is 99.1 Å². The molecule has 42 nitrogen and oxygen atoms in total. The van der Waals surface area contributed by atoms with Gasteiger partial charge < -0.3 is 126 Å². The van der Waals surface area contributed by atoms with E-state index in [1.54, 1.807) is 16.7 Å². The lowest BCUT2D eigenvalue weighted by Gasteiger charge is -2.32. The average molecular weight is 2190 g/mol. The van der Waals surface area contributed by atoms with Gasteiger partial charge in [0.2, 0.25) is 74.0 Å². The second kappa shape index (κ2) is 83.3. The van der Waals surface area contributed by atoms with Gasteiger partial charge in [-0.2, -0.15) is 13.7 Å². The second-order valence-corrected chi connectivity index (χ2v) is 45.6. The zero-order chi connectivity index (χ0) is 109. The van der Waals surface area contributed by atoms with Crippen molar-refractivity contribution in [3.8, 4) is 6.07 Å². The first-order valence-electron chi connectivity index (χ1n) is 54.2. The molecular weight excluding hydrogens is 1990 g/mol. The SMILES string of the molecule is C1=CCCCC1.C1CCNCC1.CS(=O)(=O)Cl.C[C@@H](CN1CCCCC1)C(N)=O.C[C@@H](CO)C(N)=O.C[C@@H](COS(C)(=O)=O)C(N)=O.Cl.N#C[C@H](CN1CCCCC1)NC(=O)C(CC(=O)N1CCOCC1)CC1CCCCC1.NC(=O)[C@@H](N)CN1CCCCC1.NC(=O)[C@@H](N)CO.NC(=O)[C@H](CN1CCCCC1)NC(=O)C(CC(=O)N1CCOCC1)CC1CCCCC1.O=C(O)C(CC(=O)N1CCOCC1)CC1CCCCC1. The summed E-state index contributed by atoms with van der Waals surface area (Å²) < 4.78 is 59.8. The van der Waals surface area contributed by atoms with Crippen molar-refractivity contribution in [1.29, 1.82) is 5.26 Å². The lowest BCUT2D eigenvalue weighted by molar-refractivity contribution is -0.148. The van der Waals surface area contributed by atoms with Crippen LogP contribution in [0.25, 0.3) is 0 Å². The van der Waals surface area contributed by atoms with E-state index in [4.69, 9.17) is 64.6 Å². The Morgan fingerprint density at radius 3 is 0.986 bits per heavy atom. The van der Waals surface area contributed by atoms with Crippen molar-refractivity contribution in [3.05, 3.63) is 12.2 Å². The van der Waals surface area contributed by atoms with Crippen LogP contribution >= 0.6 is 23.1 Å². The number of carbonyl (C=O) groups excluding carboxylic acids is 11. The number of nitrogens with two attached hydrogens (primary N) is 8. The van der Waals surface area contributed by atoms with Crippen LogP contribution in [-0.4, -0.2) is 364 Å². The summed E-state index contributed by atoms with van der Waals surface area (Å²) in [5.74, 6) is -4.72. The first-order chi connectivity index (χ1) is 69.9. The van der Waals surface area contributed by atoms with E-state index in [-0.39, 0.29) is 98.8 Å². The minimum atomic E-state index is -3.46. The molecule has 12 aliphatic rings. The molecule has 11 amide bonds. The molecule has 11 fully saturated rings. The van der Waals surface area contributed by atoms with Crippen LogP contribution in [-0.2, 0) is 95.1 Å². The van der Waals surface area contributed by atoms with E-state index in [1.165, 1.54) is 174 Å². The number of aliphatic hydroxyl groups is 2. The molecule has 3 unspecified atom stereocenters. The monoisotopic (exact) mass is 2180 g/mol. The summed E-state index contributed by atoms with van der Waals surface area (Å²) in [5, 5.41) is 44.4. The number of hydrogen-bond acceptors (Lipinski definition) is 30. The molecule has 46 heteroatoms. The van der Waals surface area contributed by atoms with Gasteiger partial charge in [0, 0.05) is 113 Å². The fourth-order valence-corrected chi connectivity index (χ4v) is 19.1. The Bertz CT molecular complexity index is 3900. The van der Waals surface area contributed by atoms with Crippen LogP contribution in [0.2, 0.25) is 0 Å². The molecule has 8 aliphatic heterocycles. The standard InChI is InChI=1S/C23H40N4O4.C23H38N4O3.C15H25NO4.C9H18N2O.C8H17N3O.C6H10.C5H11NO4S.C5H11N.C4H9NO2.C3H8N2O2.CH3ClO2S.ClH/c24-22(29)20(17-26-9-5-2-6-10-26)25-23(30)19(15-18-7-3-1-4-8-18)16-21(28)27-11-13-31-14-12-27;24-17-21(18-26-9-5-2-6-10-26)25-23(29)20(15-19-7-3-1-4-8-19)16-22(28)27-11-13-30-14-12-27;17-14(16-6-8-20-9-7-16)11-13(15(18)19)10-12-4-2-1-3-5-12;1-8(9(10)12)7-11-5-3-2-4-6-11;9-7(8(10)12)6-11-4-2-1-3-5-11;1-2-4-6-5-3-1;1-4(5(6)7)3-10-11(2,8)9;1-2-4-6-5-3-1;1-3(2-6)4(5)7;4-2(1-6)3(5)7;1-5(2,3)4;/h18-20H,1-17H2,(H2,24,29)(H,25,30);19-21H,1-16,18H2,(H,25,29);12-13H,1-11H2,(H,18,19);8H,2-7H2,1H3,(H2,10,12);7H,1-6,9H2,(H2,10,12);1-2H,3-6H2;4H,3H2,1-2H3,(H2,6,7);6H,1-5H2;3,6H,2H2,1H3,(H2,5,7);2,6H,1,4H2,(H2,5,7);1H3;1H/t19?,20-;20?,21-;;8-;7-;;4-;;3-;2-;;/m01.00.0.00../s1. The lowest BCUT2D eigenvalue weighted by atomic mass is 9.81. The van der Waals surface area contributed by atoms with E-state index in [9.17, 15) is 84.7 Å². The normalized spacial score (nSPS) is 20.8. The third-order valence-electron chi connectivity index (χ3n) is 27.8. The molecule has 0 aromatic rings. The number of nitrogens with zero attached hydrogens (tertiary/aromatic N) is 8. The van der Waals surface area contributed by atoms with Crippen LogP contribution in [0.1, 0.15) is 278 Å². The maximum atomic E-state index is 13.3. The van der Waals surface area contributed by atoms with Crippen LogP contribution < -0.4 is 61.8 Å². The fourth-order valence-electron chi connectivity index (χ4n) is 18.7. The molecule has 10 atom stereocenters. The smallest absolute Gasteiger partial charge is 0.307 e. The predicted octanol–water partition coefficient (Wildman–Crippen LogP) is 4.84. The number of halogens is 2. The van der Waals surface area contributed by atoms with Gasteiger partial charge in [-0.1, -0.05) is 161 Å². The van der Waals surface area contributed by atoms with Gasteiger partial charge in [-0.05, 0) is 192 Å². The molecule has 148 heavy (non-hydrogen) atoms. The number of rotatable bonds is 36.